The zero-order chi connectivity index (χ0) is 15.8. The van der Waals surface area contributed by atoms with Crippen molar-refractivity contribution in [2.75, 3.05) is 7.11 Å². The van der Waals surface area contributed by atoms with Crippen LogP contribution in [0, 0.1) is 36.0 Å². The molecule has 0 N–H and O–H groups in total. The van der Waals surface area contributed by atoms with Crippen LogP contribution in [-0.2, 0) is 10.2 Å². The third-order valence-corrected chi connectivity index (χ3v) is 5.07. The molecule has 1 fully saturated rings. The first-order chi connectivity index (χ1) is 9.87. The minimum atomic E-state index is -1.07. The van der Waals surface area contributed by atoms with Gasteiger partial charge in [-0.25, -0.2) is 4.98 Å². The number of carbonyl (C=O) groups is 1. The van der Waals surface area contributed by atoms with Gasteiger partial charge in [-0.2, -0.15) is 5.26 Å². The Balaban J connectivity index is 2.57. The lowest BCUT2D eigenvalue weighted by Crippen LogP contribution is -2.48. The molecule has 4 atom stereocenters. The minimum Gasteiger partial charge on any atom is -0.481 e. The van der Waals surface area contributed by atoms with Crippen LogP contribution in [-0.4, -0.2) is 17.9 Å². The Bertz CT molecular complexity index is 605. The average molecular weight is 286 g/mol. The molecule has 1 unspecified atom stereocenters. The second-order valence-electron chi connectivity index (χ2n) is 6.20. The number of carbonyl (C=O) groups excluding carboxylic acids is 1. The Morgan fingerprint density at radius 1 is 1.38 bits per heavy atom. The number of aromatic nitrogens is 1. The molecule has 0 spiro atoms. The maximum Gasteiger partial charge on any atom is 0.213 e. The molecule has 0 amide bonds. The molecule has 1 aromatic heterocycles. The van der Waals surface area contributed by atoms with Gasteiger partial charge in [-0.3, -0.25) is 4.79 Å². The van der Waals surface area contributed by atoms with Gasteiger partial charge in [-0.1, -0.05) is 20.8 Å². The summed E-state index contributed by atoms with van der Waals surface area (Å²) in [5.41, 5.74) is 0.342. The molecule has 4 heteroatoms. The van der Waals surface area contributed by atoms with Crippen LogP contribution in [0.5, 0.6) is 5.88 Å². The van der Waals surface area contributed by atoms with Crippen molar-refractivity contribution in [2.24, 2.45) is 17.8 Å². The van der Waals surface area contributed by atoms with Crippen LogP contribution >= 0.6 is 0 Å². The van der Waals surface area contributed by atoms with Crippen LogP contribution in [0.15, 0.2) is 12.1 Å². The number of pyridine rings is 1. The van der Waals surface area contributed by atoms with E-state index in [2.05, 4.69) is 24.9 Å². The van der Waals surface area contributed by atoms with Gasteiger partial charge in [-0.05, 0) is 31.2 Å². The molecule has 4 nitrogen and oxygen atoms in total. The molecule has 1 aliphatic carbocycles. The highest BCUT2D eigenvalue weighted by molar-refractivity contribution is 5.96. The van der Waals surface area contributed by atoms with E-state index >= 15 is 0 Å². The van der Waals surface area contributed by atoms with E-state index < -0.39 is 5.41 Å². The Morgan fingerprint density at radius 2 is 2.05 bits per heavy atom. The number of aryl methyl sites for hydroxylation is 1. The predicted molar refractivity (Wildman–Crippen MR) is 79.9 cm³/mol. The number of nitriles is 1. The highest BCUT2D eigenvalue weighted by atomic mass is 16.5. The molecular weight excluding hydrogens is 264 g/mol. The predicted octanol–water partition coefficient (Wildman–Crippen LogP) is 3.04. The molecule has 0 aromatic carbocycles. The van der Waals surface area contributed by atoms with Crippen molar-refractivity contribution in [2.45, 2.75) is 39.5 Å². The molecule has 0 saturated heterocycles. The molecule has 0 radical (unpaired) electrons. The van der Waals surface area contributed by atoms with Gasteiger partial charge in [-0.15, -0.1) is 0 Å². The number of ketones is 1. The van der Waals surface area contributed by atoms with Crippen molar-refractivity contribution in [3.8, 4) is 11.9 Å². The number of nitrogens with zero attached hydrogens (tertiary/aromatic N) is 2. The van der Waals surface area contributed by atoms with Gasteiger partial charge in [0.15, 0.2) is 5.78 Å². The molecule has 21 heavy (non-hydrogen) atoms. The largest absolute Gasteiger partial charge is 0.481 e. The van der Waals surface area contributed by atoms with Crippen molar-refractivity contribution in [3.05, 3.63) is 23.4 Å². The first kappa shape index (κ1) is 15.5. The van der Waals surface area contributed by atoms with E-state index in [1.807, 2.05) is 19.9 Å². The Kier molecular flexibility index (Phi) is 4.04. The lowest BCUT2D eigenvalue weighted by atomic mass is 9.59. The molecule has 1 aliphatic rings. The van der Waals surface area contributed by atoms with Gasteiger partial charge in [0.05, 0.1) is 13.2 Å². The fourth-order valence-electron chi connectivity index (χ4n) is 3.40. The van der Waals surface area contributed by atoms with E-state index in [0.717, 1.165) is 5.56 Å². The number of methoxy groups -OCH3 is 1. The first-order valence-corrected chi connectivity index (χ1v) is 7.35. The average Bonchev–Trinajstić information content (AvgIpc) is 2.49. The van der Waals surface area contributed by atoms with E-state index in [0.29, 0.717) is 29.8 Å². The molecule has 1 heterocycles. The highest BCUT2D eigenvalue weighted by Gasteiger charge is 2.51. The van der Waals surface area contributed by atoms with Gasteiger partial charge in [0.25, 0.3) is 0 Å². The SMILES string of the molecule is COc1ccc([C@@]2(C#N)C[C@H](C)C(C)[C@@H](C)C2=O)c(C)n1. The third kappa shape index (κ3) is 2.31. The molecule has 0 aliphatic heterocycles. The number of hydrogen-bond acceptors (Lipinski definition) is 4. The van der Waals surface area contributed by atoms with E-state index in [-0.39, 0.29) is 11.7 Å². The second-order valence-corrected chi connectivity index (χ2v) is 6.20. The van der Waals surface area contributed by atoms with Crippen LogP contribution in [0.2, 0.25) is 0 Å². The first-order valence-electron chi connectivity index (χ1n) is 7.35. The maximum absolute atomic E-state index is 12.9. The summed E-state index contributed by atoms with van der Waals surface area (Å²) in [5.74, 6) is 1.02. The number of hydrogen-bond donors (Lipinski definition) is 0. The summed E-state index contributed by atoms with van der Waals surface area (Å²) >= 11 is 0. The van der Waals surface area contributed by atoms with Crippen LogP contribution in [0.4, 0.5) is 0 Å². The zero-order valence-electron chi connectivity index (χ0n) is 13.3. The standard InChI is InChI=1S/C17H22N2O2/c1-10-8-17(9-18,16(20)12(3)11(10)2)14-6-7-15(21-5)19-13(14)4/h6-7,10-12H,8H2,1-5H3/t10-,11?,12+,17-/m0/s1. The van der Waals surface area contributed by atoms with Gasteiger partial charge in [0, 0.05) is 23.2 Å². The number of rotatable bonds is 2. The molecule has 0 bridgehead atoms. The van der Waals surface area contributed by atoms with Crippen LogP contribution < -0.4 is 4.74 Å². The monoisotopic (exact) mass is 286 g/mol. The summed E-state index contributed by atoms with van der Waals surface area (Å²) in [6.45, 7) is 7.97. The smallest absolute Gasteiger partial charge is 0.213 e. The van der Waals surface area contributed by atoms with Crippen molar-refractivity contribution in [1.82, 2.24) is 4.98 Å². The van der Waals surface area contributed by atoms with Crippen LogP contribution in [0.1, 0.15) is 38.4 Å². The van der Waals surface area contributed by atoms with E-state index in [4.69, 9.17) is 4.74 Å². The molecular formula is C17H22N2O2. The molecule has 1 aromatic rings. The van der Waals surface area contributed by atoms with Crippen LogP contribution in [0.3, 0.4) is 0 Å². The lowest BCUT2D eigenvalue weighted by molar-refractivity contribution is -0.132. The van der Waals surface area contributed by atoms with Gasteiger partial charge < -0.3 is 4.74 Å². The van der Waals surface area contributed by atoms with Crippen LogP contribution in [0.25, 0.3) is 0 Å². The summed E-state index contributed by atoms with van der Waals surface area (Å²) in [6, 6.07) is 5.85. The second kappa shape index (κ2) is 5.48. The molecule has 2 rings (SSSR count). The van der Waals surface area contributed by atoms with E-state index in [9.17, 15) is 10.1 Å². The summed E-state index contributed by atoms with van der Waals surface area (Å²) < 4.78 is 5.11. The van der Waals surface area contributed by atoms with Crippen molar-refractivity contribution < 1.29 is 9.53 Å². The third-order valence-electron chi connectivity index (χ3n) is 5.07. The minimum absolute atomic E-state index is 0.0191. The Hall–Kier alpha value is -1.89. The van der Waals surface area contributed by atoms with Crippen molar-refractivity contribution in [3.63, 3.8) is 0 Å². The van der Waals surface area contributed by atoms with Crippen molar-refractivity contribution in [1.29, 1.82) is 5.26 Å². The Labute approximate surface area is 126 Å². The quantitative estimate of drug-likeness (QED) is 0.838. The van der Waals surface area contributed by atoms with E-state index in [1.165, 1.54) is 0 Å². The normalized spacial score (nSPS) is 32.6. The van der Waals surface area contributed by atoms with Gasteiger partial charge in [0.1, 0.15) is 5.41 Å². The summed E-state index contributed by atoms with van der Waals surface area (Å²) in [4.78, 5) is 17.2. The van der Waals surface area contributed by atoms with E-state index in [1.54, 1.807) is 13.2 Å². The fraction of sp³-hybridized carbons (Fsp3) is 0.588. The summed E-state index contributed by atoms with van der Waals surface area (Å²) in [7, 11) is 1.55. The molecule has 112 valence electrons. The van der Waals surface area contributed by atoms with Gasteiger partial charge in [0.2, 0.25) is 5.88 Å². The summed E-state index contributed by atoms with van der Waals surface area (Å²) in [6.07, 6.45) is 0.558. The van der Waals surface area contributed by atoms with Crippen molar-refractivity contribution >= 4 is 5.78 Å². The highest BCUT2D eigenvalue weighted by Crippen LogP contribution is 2.45. The fourth-order valence-corrected chi connectivity index (χ4v) is 3.40. The summed E-state index contributed by atoms with van der Waals surface area (Å²) in [5, 5.41) is 9.81. The molecule has 1 saturated carbocycles. The lowest BCUT2D eigenvalue weighted by Gasteiger charge is -2.41. The Morgan fingerprint density at radius 3 is 2.57 bits per heavy atom. The number of Topliss-reactive ketones (excluding diaryl/α,β-unsaturated/α-hetero) is 1. The number of ether oxygens (including phenoxy) is 1. The topological polar surface area (TPSA) is 63.0 Å². The maximum atomic E-state index is 12.9. The van der Waals surface area contributed by atoms with Gasteiger partial charge >= 0.3 is 0 Å². The zero-order valence-corrected chi connectivity index (χ0v) is 13.3.